The average molecular weight is 274 g/mol. The SMILES string of the molecule is CCC1(CNC(=O)CC(C)c2ccc(N)cc2)CCC1. The lowest BCUT2D eigenvalue weighted by molar-refractivity contribution is -0.122. The van der Waals surface area contributed by atoms with E-state index in [0.29, 0.717) is 11.8 Å². The molecule has 1 fully saturated rings. The number of rotatable bonds is 6. The first kappa shape index (κ1) is 14.9. The van der Waals surface area contributed by atoms with Gasteiger partial charge in [0.05, 0.1) is 0 Å². The van der Waals surface area contributed by atoms with Crippen molar-refractivity contribution in [2.24, 2.45) is 5.41 Å². The van der Waals surface area contributed by atoms with E-state index in [0.717, 1.165) is 12.2 Å². The van der Waals surface area contributed by atoms with E-state index >= 15 is 0 Å². The quantitative estimate of drug-likeness (QED) is 0.781. The predicted molar refractivity (Wildman–Crippen MR) is 83.5 cm³/mol. The Morgan fingerprint density at radius 2 is 2.00 bits per heavy atom. The molecule has 3 heteroatoms. The Bertz CT molecular complexity index is 443. The summed E-state index contributed by atoms with van der Waals surface area (Å²) in [5.41, 5.74) is 8.00. The smallest absolute Gasteiger partial charge is 0.220 e. The van der Waals surface area contributed by atoms with Crippen molar-refractivity contribution >= 4 is 11.6 Å². The minimum atomic E-state index is 0.161. The number of hydrogen-bond donors (Lipinski definition) is 2. The van der Waals surface area contributed by atoms with Gasteiger partial charge in [0.15, 0.2) is 0 Å². The molecule has 0 aromatic heterocycles. The van der Waals surface area contributed by atoms with Gasteiger partial charge in [0.2, 0.25) is 5.91 Å². The van der Waals surface area contributed by atoms with Crippen LogP contribution >= 0.6 is 0 Å². The van der Waals surface area contributed by atoms with Crippen LogP contribution in [0.5, 0.6) is 0 Å². The molecule has 0 heterocycles. The van der Waals surface area contributed by atoms with Crippen molar-refractivity contribution in [2.45, 2.75) is 51.9 Å². The summed E-state index contributed by atoms with van der Waals surface area (Å²) in [5.74, 6) is 0.392. The standard InChI is InChI=1S/C17H26N2O/c1-3-17(9-4-10-17)12-19-16(20)11-13(2)14-5-7-15(18)8-6-14/h5-8,13H,3-4,9-12,18H2,1-2H3,(H,19,20). The molecule has 1 aliphatic carbocycles. The number of benzene rings is 1. The molecule has 1 aromatic rings. The maximum absolute atomic E-state index is 12.1. The summed E-state index contributed by atoms with van der Waals surface area (Å²) in [5, 5.41) is 3.12. The zero-order valence-corrected chi connectivity index (χ0v) is 12.6. The van der Waals surface area contributed by atoms with Crippen LogP contribution in [-0.2, 0) is 4.79 Å². The maximum Gasteiger partial charge on any atom is 0.220 e. The lowest BCUT2D eigenvalue weighted by Crippen LogP contribution is -2.41. The van der Waals surface area contributed by atoms with Crippen molar-refractivity contribution in [2.75, 3.05) is 12.3 Å². The van der Waals surface area contributed by atoms with Gasteiger partial charge in [-0.2, -0.15) is 0 Å². The molecule has 3 N–H and O–H groups in total. The molecule has 110 valence electrons. The third-order valence-corrected chi connectivity index (χ3v) is 4.82. The summed E-state index contributed by atoms with van der Waals surface area (Å²) >= 11 is 0. The first-order valence-electron chi connectivity index (χ1n) is 7.67. The number of nitrogen functional groups attached to an aromatic ring is 1. The minimum Gasteiger partial charge on any atom is -0.399 e. The molecule has 0 spiro atoms. The molecule has 1 amide bonds. The fraction of sp³-hybridized carbons (Fsp3) is 0.588. The van der Waals surface area contributed by atoms with E-state index in [-0.39, 0.29) is 11.8 Å². The van der Waals surface area contributed by atoms with E-state index in [2.05, 4.69) is 19.2 Å². The molecule has 1 aromatic carbocycles. The Labute approximate surface area is 121 Å². The molecule has 1 atom stereocenters. The van der Waals surface area contributed by atoms with Crippen molar-refractivity contribution in [3.8, 4) is 0 Å². The molecule has 0 bridgehead atoms. The Balaban J connectivity index is 1.80. The first-order valence-corrected chi connectivity index (χ1v) is 7.67. The van der Waals surface area contributed by atoms with Crippen molar-refractivity contribution in [1.82, 2.24) is 5.32 Å². The Morgan fingerprint density at radius 3 is 2.50 bits per heavy atom. The molecule has 2 rings (SSSR count). The van der Waals surface area contributed by atoms with Gasteiger partial charge in [-0.1, -0.05) is 32.4 Å². The van der Waals surface area contributed by atoms with Crippen LogP contribution < -0.4 is 11.1 Å². The summed E-state index contributed by atoms with van der Waals surface area (Å²) in [7, 11) is 0. The monoisotopic (exact) mass is 274 g/mol. The fourth-order valence-electron chi connectivity index (χ4n) is 2.91. The van der Waals surface area contributed by atoms with E-state index in [1.807, 2.05) is 24.3 Å². The molecule has 20 heavy (non-hydrogen) atoms. The summed E-state index contributed by atoms with van der Waals surface area (Å²) in [6, 6.07) is 7.80. The average Bonchev–Trinajstić information content (AvgIpc) is 2.38. The van der Waals surface area contributed by atoms with Crippen LogP contribution in [0, 0.1) is 5.41 Å². The zero-order chi connectivity index (χ0) is 14.6. The molecule has 0 radical (unpaired) electrons. The molecule has 1 aliphatic rings. The Hall–Kier alpha value is -1.51. The van der Waals surface area contributed by atoms with Gasteiger partial charge < -0.3 is 11.1 Å². The van der Waals surface area contributed by atoms with Crippen LogP contribution in [0.1, 0.15) is 57.4 Å². The van der Waals surface area contributed by atoms with Gasteiger partial charge >= 0.3 is 0 Å². The van der Waals surface area contributed by atoms with Crippen molar-refractivity contribution < 1.29 is 4.79 Å². The highest BCUT2D eigenvalue weighted by Gasteiger charge is 2.35. The van der Waals surface area contributed by atoms with E-state index in [4.69, 9.17) is 5.73 Å². The van der Waals surface area contributed by atoms with Gasteiger partial charge in [0, 0.05) is 18.7 Å². The summed E-state index contributed by atoms with van der Waals surface area (Å²) in [6.07, 6.45) is 5.55. The Kier molecular flexibility index (Phi) is 4.69. The van der Waals surface area contributed by atoms with E-state index < -0.39 is 0 Å². The van der Waals surface area contributed by atoms with Crippen LogP contribution in [-0.4, -0.2) is 12.5 Å². The highest BCUT2D eigenvalue weighted by Crippen LogP contribution is 2.43. The third kappa shape index (κ3) is 3.53. The van der Waals surface area contributed by atoms with Crippen LogP contribution in [0.15, 0.2) is 24.3 Å². The number of amides is 1. The Morgan fingerprint density at radius 1 is 1.35 bits per heavy atom. The van der Waals surface area contributed by atoms with E-state index in [1.54, 1.807) is 0 Å². The van der Waals surface area contributed by atoms with Crippen molar-refractivity contribution in [3.63, 3.8) is 0 Å². The lowest BCUT2D eigenvalue weighted by Gasteiger charge is -2.41. The molecular formula is C17H26N2O. The van der Waals surface area contributed by atoms with Crippen LogP contribution in [0.4, 0.5) is 5.69 Å². The molecule has 3 nitrogen and oxygen atoms in total. The molecule has 0 saturated heterocycles. The van der Waals surface area contributed by atoms with Gasteiger partial charge in [-0.05, 0) is 48.3 Å². The third-order valence-electron chi connectivity index (χ3n) is 4.82. The topological polar surface area (TPSA) is 55.1 Å². The second kappa shape index (κ2) is 6.29. The summed E-state index contributed by atoms with van der Waals surface area (Å²) in [4.78, 5) is 12.1. The van der Waals surface area contributed by atoms with Gasteiger partial charge in [-0.15, -0.1) is 0 Å². The second-order valence-electron chi connectivity index (χ2n) is 6.26. The highest BCUT2D eigenvalue weighted by molar-refractivity contribution is 5.76. The fourth-order valence-corrected chi connectivity index (χ4v) is 2.91. The predicted octanol–water partition coefficient (Wildman–Crippen LogP) is 3.46. The molecule has 0 aliphatic heterocycles. The first-order chi connectivity index (χ1) is 9.54. The zero-order valence-electron chi connectivity index (χ0n) is 12.6. The van der Waals surface area contributed by atoms with Crippen LogP contribution in [0.3, 0.4) is 0 Å². The minimum absolute atomic E-state index is 0.161. The largest absolute Gasteiger partial charge is 0.399 e. The lowest BCUT2D eigenvalue weighted by atomic mass is 9.67. The number of hydrogen-bond acceptors (Lipinski definition) is 2. The number of anilines is 1. The van der Waals surface area contributed by atoms with Gasteiger partial charge in [0.25, 0.3) is 0 Å². The van der Waals surface area contributed by atoms with Gasteiger partial charge in [-0.3, -0.25) is 4.79 Å². The highest BCUT2D eigenvalue weighted by atomic mass is 16.1. The molecule has 1 unspecified atom stereocenters. The van der Waals surface area contributed by atoms with Crippen molar-refractivity contribution in [3.05, 3.63) is 29.8 Å². The van der Waals surface area contributed by atoms with Crippen molar-refractivity contribution in [1.29, 1.82) is 0 Å². The van der Waals surface area contributed by atoms with Crippen LogP contribution in [0.25, 0.3) is 0 Å². The molecule has 1 saturated carbocycles. The number of carbonyl (C=O) groups excluding carboxylic acids is 1. The second-order valence-corrected chi connectivity index (χ2v) is 6.26. The summed E-state index contributed by atoms with van der Waals surface area (Å²) in [6.45, 7) is 5.16. The van der Waals surface area contributed by atoms with E-state index in [1.165, 1.54) is 31.2 Å². The number of carbonyl (C=O) groups is 1. The van der Waals surface area contributed by atoms with E-state index in [9.17, 15) is 4.79 Å². The normalized spacial score (nSPS) is 18.1. The number of nitrogens with one attached hydrogen (secondary N) is 1. The maximum atomic E-state index is 12.1. The van der Waals surface area contributed by atoms with Gasteiger partial charge in [-0.25, -0.2) is 0 Å². The summed E-state index contributed by atoms with van der Waals surface area (Å²) < 4.78 is 0. The van der Waals surface area contributed by atoms with Gasteiger partial charge in [0.1, 0.15) is 0 Å². The molecular weight excluding hydrogens is 248 g/mol. The number of nitrogens with two attached hydrogens (primary N) is 1. The van der Waals surface area contributed by atoms with Crippen LogP contribution in [0.2, 0.25) is 0 Å².